The predicted molar refractivity (Wildman–Crippen MR) is 61.4 cm³/mol. The van der Waals surface area contributed by atoms with E-state index in [4.69, 9.17) is 4.42 Å². The third-order valence-electron chi connectivity index (χ3n) is 2.04. The lowest BCUT2D eigenvalue weighted by atomic mass is 10.4. The second-order valence-electron chi connectivity index (χ2n) is 3.27. The lowest BCUT2D eigenvalue weighted by Gasteiger charge is -2.05. The molecule has 2 rings (SSSR count). The molecule has 0 aliphatic carbocycles. The highest BCUT2D eigenvalue weighted by molar-refractivity contribution is 9.10. The van der Waals surface area contributed by atoms with Gasteiger partial charge in [-0.15, -0.1) is 5.10 Å². The first-order valence-electron chi connectivity index (χ1n) is 4.56. The Hall–Kier alpha value is -1.19. The first kappa shape index (κ1) is 12.3. The Morgan fingerprint density at radius 3 is 2.88 bits per heavy atom. The molecule has 0 aromatic carbocycles. The summed E-state index contributed by atoms with van der Waals surface area (Å²) in [6.45, 7) is 0.149. The fraction of sp³-hybridized carbons (Fsp3) is 0.250. The van der Waals surface area contributed by atoms with Crippen molar-refractivity contribution in [3.63, 3.8) is 0 Å². The molecular formula is C8H9BrN4O3S. The molecule has 0 saturated heterocycles. The van der Waals surface area contributed by atoms with Gasteiger partial charge >= 0.3 is 0 Å². The van der Waals surface area contributed by atoms with Gasteiger partial charge in [0.25, 0.3) is 10.0 Å². The quantitative estimate of drug-likeness (QED) is 0.893. The third-order valence-corrected chi connectivity index (χ3v) is 4.33. The minimum Gasteiger partial charge on any atom is -0.472 e. The maximum atomic E-state index is 12.0. The van der Waals surface area contributed by atoms with Gasteiger partial charge < -0.3 is 4.42 Å². The summed E-state index contributed by atoms with van der Waals surface area (Å²) in [4.78, 5) is 0. The lowest BCUT2D eigenvalue weighted by molar-refractivity contribution is 0.555. The molecule has 0 radical (unpaired) electrons. The van der Waals surface area contributed by atoms with Crippen LogP contribution < -0.4 is 4.72 Å². The van der Waals surface area contributed by atoms with Crippen LogP contribution in [0.3, 0.4) is 0 Å². The second kappa shape index (κ2) is 4.59. The van der Waals surface area contributed by atoms with E-state index in [9.17, 15) is 8.42 Å². The van der Waals surface area contributed by atoms with Gasteiger partial charge in [0.1, 0.15) is 0 Å². The van der Waals surface area contributed by atoms with Gasteiger partial charge in [-0.3, -0.25) is 0 Å². The Morgan fingerprint density at radius 2 is 2.35 bits per heavy atom. The molecule has 0 atom stereocenters. The Morgan fingerprint density at radius 1 is 1.59 bits per heavy atom. The summed E-state index contributed by atoms with van der Waals surface area (Å²) in [5.74, 6) is 0. The van der Waals surface area contributed by atoms with Crippen molar-refractivity contribution >= 4 is 26.0 Å². The van der Waals surface area contributed by atoms with Gasteiger partial charge in [0.15, 0.2) is 4.60 Å². The molecule has 0 unspecified atom stereocenters. The van der Waals surface area contributed by atoms with Crippen LogP contribution in [0.15, 0.2) is 32.6 Å². The van der Waals surface area contributed by atoms with Crippen LogP contribution in [-0.4, -0.2) is 23.4 Å². The van der Waals surface area contributed by atoms with Gasteiger partial charge in [0.05, 0.1) is 12.5 Å². The molecule has 0 amide bonds. The summed E-state index contributed by atoms with van der Waals surface area (Å²) in [6.07, 6.45) is 2.95. The molecule has 7 nitrogen and oxygen atoms in total. The van der Waals surface area contributed by atoms with E-state index in [-0.39, 0.29) is 16.2 Å². The molecule has 2 aromatic rings. The van der Waals surface area contributed by atoms with Crippen molar-refractivity contribution in [2.75, 3.05) is 0 Å². The monoisotopic (exact) mass is 320 g/mol. The standard InChI is InChI=1S/C8H9BrN4O3S/c1-13-8(7(9)11-12-13)17(14,15)10-4-6-2-3-16-5-6/h2-3,5,10H,4H2,1H3. The van der Waals surface area contributed by atoms with Crippen LogP contribution in [0.25, 0.3) is 0 Å². The molecule has 2 aromatic heterocycles. The number of aromatic nitrogens is 3. The van der Waals surface area contributed by atoms with Crippen LogP contribution in [0.1, 0.15) is 5.56 Å². The van der Waals surface area contributed by atoms with Crippen molar-refractivity contribution in [2.45, 2.75) is 11.6 Å². The van der Waals surface area contributed by atoms with Gasteiger partial charge in [-0.25, -0.2) is 17.8 Å². The maximum Gasteiger partial charge on any atom is 0.260 e. The van der Waals surface area contributed by atoms with E-state index in [1.54, 1.807) is 6.07 Å². The topological polar surface area (TPSA) is 90.0 Å². The number of nitrogens with one attached hydrogen (secondary N) is 1. The van der Waals surface area contributed by atoms with Crippen LogP contribution in [0.4, 0.5) is 0 Å². The number of rotatable bonds is 4. The normalized spacial score (nSPS) is 11.9. The Balaban J connectivity index is 2.20. The number of aryl methyl sites for hydroxylation is 1. The first-order valence-corrected chi connectivity index (χ1v) is 6.84. The SMILES string of the molecule is Cn1nnc(Br)c1S(=O)(=O)NCc1ccoc1. The van der Waals surface area contributed by atoms with E-state index in [0.717, 1.165) is 5.56 Å². The van der Waals surface area contributed by atoms with Crippen LogP contribution in [0.2, 0.25) is 0 Å². The summed E-state index contributed by atoms with van der Waals surface area (Å²) in [6, 6.07) is 1.68. The first-order chi connectivity index (χ1) is 8.00. The highest BCUT2D eigenvalue weighted by Crippen LogP contribution is 2.17. The summed E-state index contributed by atoms with van der Waals surface area (Å²) in [5.41, 5.74) is 0.736. The van der Waals surface area contributed by atoms with E-state index in [1.165, 1.54) is 24.3 Å². The number of furan rings is 1. The largest absolute Gasteiger partial charge is 0.472 e. The minimum atomic E-state index is -3.65. The zero-order valence-corrected chi connectivity index (χ0v) is 11.2. The lowest BCUT2D eigenvalue weighted by Crippen LogP contribution is -2.25. The molecule has 9 heteroatoms. The van der Waals surface area contributed by atoms with Gasteiger partial charge in [-0.05, 0) is 22.0 Å². The number of sulfonamides is 1. The molecule has 0 saturated carbocycles. The molecule has 0 aliphatic heterocycles. The van der Waals surface area contributed by atoms with Crippen molar-refractivity contribution < 1.29 is 12.8 Å². The Bertz CT molecular complexity index is 585. The van der Waals surface area contributed by atoms with Crippen molar-refractivity contribution in [2.24, 2.45) is 7.05 Å². The maximum absolute atomic E-state index is 12.0. The molecule has 17 heavy (non-hydrogen) atoms. The summed E-state index contributed by atoms with van der Waals surface area (Å²) in [5, 5.41) is 7.22. The molecule has 0 aliphatic rings. The Kier molecular flexibility index (Phi) is 3.31. The van der Waals surface area contributed by atoms with Gasteiger partial charge in [0.2, 0.25) is 5.03 Å². The summed E-state index contributed by atoms with van der Waals surface area (Å²) in [7, 11) is -2.15. The molecule has 92 valence electrons. The van der Waals surface area contributed by atoms with Crippen LogP contribution >= 0.6 is 15.9 Å². The van der Waals surface area contributed by atoms with Crippen LogP contribution in [0, 0.1) is 0 Å². The predicted octanol–water partition coefficient (Wildman–Crippen LogP) is 0.649. The molecule has 1 N–H and O–H groups in total. The summed E-state index contributed by atoms with van der Waals surface area (Å²) < 4.78 is 32.5. The van der Waals surface area contributed by atoms with Crippen LogP contribution in [0.5, 0.6) is 0 Å². The average molecular weight is 321 g/mol. The zero-order valence-electron chi connectivity index (χ0n) is 8.79. The van der Waals surface area contributed by atoms with E-state index >= 15 is 0 Å². The van der Waals surface area contributed by atoms with E-state index in [1.807, 2.05) is 0 Å². The van der Waals surface area contributed by atoms with Gasteiger partial charge in [-0.1, -0.05) is 5.21 Å². The second-order valence-corrected chi connectivity index (χ2v) is 5.70. The summed E-state index contributed by atoms with van der Waals surface area (Å²) >= 11 is 3.04. The van der Waals surface area contributed by atoms with Crippen molar-refractivity contribution in [3.8, 4) is 0 Å². The molecule has 0 bridgehead atoms. The number of halogens is 1. The van der Waals surface area contributed by atoms with E-state index in [0.29, 0.717) is 0 Å². The van der Waals surface area contributed by atoms with Crippen molar-refractivity contribution in [1.29, 1.82) is 0 Å². The van der Waals surface area contributed by atoms with E-state index in [2.05, 4.69) is 31.0 Å². The number of nitrogens with zero attached hydrogens (tertiary/aromatic N) is 3. The minimum absolute atomic E-state index is 0.0130. The molecular weight excluding hydrogens is 312 g/mol. The van der Waals surface area contributed by atoms with Gasteiger partial charge in [0, 0.05) is 19.2 Å². The third kappa shape index (κ3) is 2.56. The average Bonchev–Trinajstić information content (AvgIpc) is 2.86. The smallest absolute Gasteiger partial charge is 0.260 e. The number of hydrogen-bond donors (Lipinski definition) is 1. The van der Waals surface area contributed by atoms with Crippen molar-refractivity contribution in [1.82, 2.24) is 19.7 Å². The fourth-order valence-electron chi connectivity index (χ4n) is 1.25. The van der Waals surface area contributed by atoms with E-state index < -0.39 is 10.0 Å². The molecule has 2 heterocycles. The molecule has 0 spiro atoms. The van der Waals surface area contributed by atoms with Crippen LogP contribution in [-0.2, 0) is 23.6 Å². The van der Waals surface area contributed by atoms with Gasteiger partial charge in [-0.2, -0.15) is 0 Å². The molecule has 0 fully saturated rings. The Labute approximate surface area is 106 Å². The number of hydrogen-bond acceptors (Lipinski definition) is 5. The highest BCUT2D eigenvalue weighted by atomic mass is 79.9. The zero-order chi connectivity index (χ0) is 12.5. The van der Waals surface area contributed by atoms with Crippen molar-refractivity contribution in [3.05, 3.63) is 28.8 Å². The highest BCUT2D eigenvalue weighted by Gasteiger charge is 2.23. The fourth-order valence-corrected chi connectivity index (χ4v) is 3.36.